The highest BCUT2D eigenvalue weighted by atomic mass is 35.5. The van der Waals surface area contributed by atoms with Crippen LogP contribution in [0.5, 0.6) is 0 Å². The van der Waals surface area contributed by atoms with Crippen LogP contribution >= 0.6 is 11.6 Å². The van der Waals surface area contributed by atoms with E-state index in [0.717, 1.165) is 22.8 Å². The molecule has 0 N–H and O–H groups in total. The van der Waals surface area contributed by atoms with Gasteiger partial charge in [-0.2, -0.15) is 9.67 Å². The quantitative estimate of drug-likeness (QED) is 0.275. The average Bonchev–Trinajstić information content (AvgIpc) is 2.75. The van der Waals surface area contributed by atoms with Crippen LogP contribution in [0.4, 0.5) is 5.69 Å². The summed E-state index contributed by atoms with van der Waals surface area (Å²) in [6.45, 7) is 0.791. The number of nitrogens with zero attached hydrogens (tertiary/aromatic N) is 3. The van der Waals surface area contributed by atoms with Gasteiger partial charge in [0.2, 0.25) is 5.52 Å². The fourth-order valence-electron chi connectivity index (χ4n) is 3.20. The summed E-state index contributed by atoms with van der Waals surface area (Å²) in [6, 6.07) is 28.6. The lowest BCUT2D eigenvalue weighted by Gasteiger charge is -2.12. The Kier molecular flexibility index (Phi) is 6.86. The number of anilines is 1. The van der Waals surface area contributed by atoms with Gasteiger partial charge in [-0.3, -0.25) is 5.01 Å². The SMILES string of the molecule is CN(N=Cc1cc[n+](Cc2ccc(Cl)cc2)c2ccccc12)c1ccccc1.[Cl-]. The van der Waals surface area contributed by atoms with Crippen LogP contribution in [0.2, 0.25) is 5.02 Å². The number of halogens is 2. The minimum Gasteiger partial charge on any atom is -1.00 e. The number of fused-ring (bicyclic) bond motifs is 1. The zero-order valence-electron chi connectivity index (χ0n) is 16.0. The van der Waals surface area contributed by atoms with E-state index in [2.05, 4.69) is 58.3 Å². The number of benzene rings is 3. The van der Waals surface area contributed by atoms with Gasteiger partial charge in [0, 0.05) is 35.3 Å². The van der Waals surface area contributed by atoms with E-state index in [1.54, 1.807) is 0 Å². The molecule has 0 spiro atoms. The number of para-hydroxylation sites is 2. The number of hydrogen-bond acceptors (Lipinski definition) is 2. The first kappa shape index (κ1) is 20.8. The van der Waals surface area contributed by atoms with Crippen LogP contribution in [0, 0.1) is 0 Å². The Morgan fingerprint density at radius 2 is 1.59 bits per heavy atom. The number of hydrogen-bond donors (Lipinski definition) is 0. The average molecular weight is 422 g/mol. The minimum atomic E-state index is 0. The summed E-state index contributed by atoms with van der Waals surface area (Å²) in [7, 11) is 1.96. The summed E-state index contributed by atoms with van der Waals surface area (Å²) in [5.41, 5.74) is 4.52. The summed E-state index contributed by atoms with van der Waals surface area (Å²) < 4.78 is 2.25. The second-order valence-electron chi connectivity index (χ2n) is 6.65. The van der Waals surface area contributed by atoms with Crippen LogP contribution in [0.1, 0.15) is 11.1 Å². The zero-order valence-corrected chi connectivity index (χ0v) is 17.6. The number of rotatable bonds is 5. The predicted octanol–water partition coefficient (Wildman–Crippen LogP) is 2.30. The first-order chi connectivity index (χ1) is 13.7. The van der Waals surface area contributed by atoms with Crippen LogP contribution in [-0.2, 0) is 6.54 Å². The van der Waals surface area contributed by atoms with Crippen molar-refractivity contribution in [3.63, 3.8) is 0 Å². The molecule has 1 aromatic heterocycles. The Labute approximate surface area is 182 Å². The summed E-state index contributed by atoms with van der Waals surface area (Å²) in [6.07, 6.45) is 4.03. The smallest absolute Gasteiger partial charge is 0.213 e. The maximum Gasteiger partial charge on any atom is 0.213 e. The van der Waals surface area contributed by atoms with Crippen molar-refractivity contribution in [1.82, 2.24) is 0 Å². The van der Waals surface area contributed by atoms with Gasteiger partial charge in [-0.15, -0.1) is 0 Å². The molecule has 0 amide bonds. The number of hydrazone groups is 1. The Morgan fingerprint density at radius 1 is 0.897 bits per heavy atom. The molecule has 4 rings (SSSR count). The van der Waals surface area contributed by atoms with E-state index in [1.807, 2.05) is 60.7 Å². The molecule has 0 aliphatic heterocycles. The molecule has 0 aliphatic rings. The lowest BCUT2D eigenvalue weighted by Crippen LogP contribution is -3.00. The number of aromatic nitrogens is 1. The predicted molar refractivity (Wildman–Crippen MR) is 117 cm³/mol. The second kappa shape index (κ2) is 9.55. The maximum absolute atomic E-state index is 6.01. The lowest BCUT2D eigenvalue weighted by atomic mass is 10.1. The molecule has 5 heteroatoms. The Balaban J connectivity index is 0.00000240. The van der Waals surface area contributed by atoms with Crippen molar-refractivity contribution in [3.05, 3.63) is 107 Å². The van der Waals surface area contributed by atoms with Crippen molar-refractivity contribution in [1.29, 1.82) is 0 Å². The van der Waals surface area contributed by atoms with E-state index in [0.29, 0.717) is 0 Å². The molecule has 29 heavy (non-hydrogen) atoms. The molecular formula is C24H21Cl2N3. The Morgan fingerprint density at radius 3 is 2.34 bits per heavy atom. The molecule has 0 saturated carbocycles. The Bertz CT molecular complexity index is 1110. The van der Waals surface area contributed by atoms with Gasteiger partial charge in [0.15, 0.2) is 12.7 Å². The normalized spacial score (nSPS) is 10.8. The number of pyridine rings is 1. The largest absolute Gasteiger partial charge is 1.00 e. The molecule has 0 fully saturated rings. The van der Waals surface area contributed by atoms with Gasteiger partial charge >= 0.3 is 0 Å². The zero-order chi connectivity index (χ0) is 19.3. The molecule has 0 bridgehead atoms. The fourth-order valence-corrected chi connectivity index (χ4v) is 3.33. The summed E-state index contributed by atoms with van der Waals surface area (Å²) in [4.78, 5) is 0. The van der Waals surface area contributed by atoms with E-state index in [-0.39, 0.29) is 12.4 Å². The van der Waals surface area contributed by atoms with E-state index in [4.69, 9.17) is 11.6 Å². The van der Waals surface area contributed by atoms with Crippen LogP contribution in [0.3, 0.4) is 0 Å². The molecule has 1 heterocycles. The van der Waals surface area contributed by atoms with E-state index < -0.39 is 0 Å². The third-order valence-corrected chi connectivity index (χ3v) is 4.98. The van der Waals surface area contributed by atoms with Gasteiger partial charge in [-0.05, 0) is 30.3 Å². The van der Waals surface area contributed by atoms with Gasteiger partial charge in [0.05, 0.1) is 17.3 Å². The van der Waals surface area contributed by atoms with Crippen LogP contribution in [0.15, 0.2) is 96.2 Å². The summed E-state index contributed by atoms with van der Waals surface area (Å²) >= 11 is 6.01. The van der Waals surface area contributed by atoms with Crippen molar-refractivity contribution in [3.8, 4) is 0 Å². The molecule has 146 valence electrons. The molecule has 4 aromatic rings. The van der Waals surface area contributed by atoms with Gasteiger partial charge in [-0.1, -0.05) is 54.1 Å². The minimum absolute atomic E-state index is 0. The molecule has 0 atom stereocenters. The third-order valence-electron chi connectivity index (χ3n) is 4.72. The molecule has 0 radical (unpaired) electrons. The van der Waals surface area contributed by atoms with Gasteiger partial charge < -0.3 is 12.4 Å². The fraction of sp³-hybridized carbons (Fsp3) is 0.0833. The van der Waals surface area contributed by atoms with Crippen molar-refractivity contribution in [2.75, 3.05) is 12.1 Å². The van der Waals surface area contributed by atoms with Gasteiger partial charge in [0.25, 0.3) is 0 Å². The summed E-state index contributed by atoms with van der Waals surface area (Å²) in [5, 5.41) is 8.43. The Hall–Kier alpha value is -2.88. The molecule has 0 aliphatic carbocycles. The molecule has 0 saturated heterocycles. The maximum atomic E-state index is 6.01. The molecule has 3 nitrogen and oxygen atoms in total. The van der Waals surface area contributed by atoms with Gasteiger partial charge in [-0.25, -0.2) is 0 Å². The molecule has 0 unspecified atom stereocenters. The van der Waals surface area contributed by atoms with Crippen molar-refractivity contribution < 1.29 is 17.0 Å². The van der Waals surface area contributed by atoms with Crippen LogP contribution in [-0.4, -0.2) is 13.3 Å². The first-order valence-electron chi connectivity index (χ1n) is 9.19. The van der Waals surface area contributed by atoms with E-state index in [1.165, 1.54) is 16.5 Å². The monoisotopic (exact) mass is 421 g/mol. The topological polar surface area (TPSA) is 19.5 Å². The van der Waals surface area contributed by atoms with E-state index >= 15 is 0 Å². The van der Waals surface area contributed by atoms with Crippen LogP contribution in [0.25, 0.3) is 10.9 Å². The third kappa shape index (κ3) is 4.94. The van der Waals surface area contributed by atoms with Crippen LogP contribution < -0.4 is 22.0 Å². The lowest BCUT2D eigenvalue weighted by molar-refractivity contribution is -0.662. The van der Waals surface area contributed by atoms with E-state index in [9.17, 15) is 0 Å². The van der Waals surface area contributed by atoms with Crippen molar-refractivity contribution in [2.24, 2.45) is 5.10 Å². The van der Waals surface area contributed by atoms with Crippen molar-refractivity contribution in [2.45, 2.75) is 6.54 Å². The standard InChI is InChI=1S/C24H21ClN3.ClH/c1-27(22-7-3-2-4-8-22)26-17-20-15-16-28(24-10-6-5-9-23(20)24)18-19-11-13-21(25)14-12-19;/h2-17H,18H2,1H3;1H/q+1;/p-1. The second-order valence-corrected chi connectivity index (χ2v) is 7.08. The first-order valence-corrected chi connectivity index (χ1v) is 9.57. The highest BCUT2D eigenvalue weighted by molar-refractivity contribution is 6.30. The molecular weight excluding hydrogens is 401 g/mol. The molecule has 3 aromatic carbocycles. The van der Waals surface area contributed by atoms with Gasteiger partial charge in [0.1, 0.15) is 0 Å². The highest BCUT2D eigenvalue weighted by Crippen LogP contribution is 2.16. The summed E-state index contributed by atoms with van der Waals surface area (Å²) in [5.74, 6) is 0. The highest BCUT2D eigenvalue weighted by Gasteiger charge is 2.12. The van der Waals surface area contributed by atoms with Crippen molar-refractivity contribution >= 4 is 34.4 Å².